The summed E-state index contributed by atoms with van der Waals surface area (Å²) in [4.78, 5) is 25.8. The van der Waals surface area contributed by atoms with E-state index in [4.69, 9.17) is 0 Å². The summed E-state index contributed by atoms with van der Waals surface area (Å²) in [5, 5.41) is 9.49. The lowest BCUT2D eigenvalue weighted by molar-refractivity contribution is -0.151. The van der Waals surface area contributed by atoms with Gasteiger partial charge in [-0.3, -0.25) is 9.59 Å². The number of likely N-dealkylation sites (tertiary alicyclic amines) is 1. The minimum absolute atomic E-state index is 0.0500. The highest BCUT2D eigenvalue weighted by Gasteiger charge is 2.49. The summed E-state index contributed by atoms with van der Waals surface area (Å²) in [5.41, 5.74) is -0.750. The minimum Gasteiger partial charge on any atom is -0.481 e. The molecule has 1 fully saturated rings. The van der Waals surface area contributed by atoms with Crippen LogP contribution in [0.15, 0.2) is 12.2 Å². The number of carbonyl (C=O) groups is 2. The number of amides is 1. The van der Waals surface area contributed by atoms with Crippen molar-refractivity contribution in [2.24, 2.45) is 17.3 Å². The maximum absolute atomic E-state index is 12.4. The summed E-state index contributed by atoms with van der Waals surface area (Å²) in [6, 6.07) is 0. The summed E-state index contributed by atoms with van der Waals surface area (Å²) in [5.74, 6) is -0.509. The van der Waals surface area contributed by atoms with Crippen molar-refractivity contribution in [1.82, 2.24) is 4.90 Å². The predicted molar refractivity (Wildman–Crippen MR) is 72.6 cm³/mol. The first-order valence-corrected chi connectivity index (χ1v) is 7.14. The fourth-order valence-electron chi connectivity index (χ4n) is 3.19. The molecule has 4 nitrogen and oxygen atoms in total. The number of carboxylic acids is 1. The molecule has 0 bridgehead atoms. The Hall–Kier alpha value is -1.32. The van der Waals surface area contributed by atoms with E-state index in [1.807, 2.05) is 13.8 Å². The van der Waals surface area contributed by atoms with Crippen LogP contribution < -0.4 is 0 Å². The molecule has 2 unspecified atom stereocenters. The Kier molecular flexibility index (Phi) is 3.97. The third-order valence-corrected chi connectivity index (χ3v) is 4.76. The highest BCUT2D eigenvalue weighted by atomic mass is 16.4. The second kappa shape index (κ2) is 5.35. The molecule has 2 atom stereocenters. The van der Waals surface area contributed by atoms with Gasteiger partial charge in [-0.25, -0.2) is 0 Å². The van der Waals surface area contributed by atoms with Crippen molar-refractivity contribution in [3.63, 3.8) is 0 Å². The Bertz CT molecular complexity index is 402. The Balaban J connectivity index is 2.06. The number of aliphatic carboxylic acids is 1. The Labute approximate surface area is 114 Å². The third kappa shape index (κ3) is 2.53. The average Bonchev–Trinajstić information content (AvgIpc) is 2.85. The van der Waals surface area contributed by atoms with Gasteiger partial charge in [-0.2, -0.15) is 0 Å². The van der Waals surface area contributed by atoms with Crippen LogP contribution in [0.5, 0.6) is 0 Å². The first kappa shape index (κ1) is 14.1. The van der Waals surface area contributed by atoms with Gasteiger partial charge in [-0.05, 0) is 31.6 Å². The molecule has 1 amide bonds. The number of hydrogen-bond donors (Lipinski definition) is 1. The molecule has 0 aromatic rings. The number of nitrogens with zero attached hydrogens (tertiary/aromatic N) is 1. The van der Waals surface area contributed by atoms with Crippen LogP contribution in [0.25, 0.3) is 0 Å². The van der Waals surface area contributed by atoms with Gasteiger partial charge in [0.25, 0.3) is 0 Å². The molecule has 0 radical (unpaired) electrons. The summed E-state index contributed by atoms with van der Waals surface area (Å²) in [6.07, 6.45) is 7.41. The van der Waals surface area contributed by atoms with Crippen LogP contribution >= 0.6 is 0 Å². The van der Waals surface area contributed by atoms with E-state index >= 15 is 0 Å². The molecule has 0 spiro atoms. The first-order valence-electron chi connectivity index (χ1n) is 7.14. The van der Waals surface area contributed by atoms with E-state index in [-0.39, 0.29) is 17.7 Å². The second-order valence-electron chi connectivity index (χ2n) is 6.11. The smallest absolute Gasteiger partial charge is 0.311 e. The highest BCUT2D eigenvalue weighted by molar-refractivity contribution is 5.82. The van der Waals surface area contributed by atoms with Crippen molar-refractivity contribution in [3.05, 3.63) is 12.2 Å². The molecule has 1 saturated heterocycles. The molecule has 106 valence electrons. The van der Waals surface area contributed by atoms with Gasteiger partial charge in [0.05, 0.1) is 5.41 Å². The molecular formula is C15H23NO3. The van der Waals surface area contributed by atoms with Crippen LogP contribution in [0.1, 0.15) is 39.5 Å². The van der Waals surface area contributed by atoms with Crippen LogP contribution in [0.3, 0.4) is 0 Å². The zero-order valence-electron chi connectivity index (χ0n) is 11.8. The topological polar surface area (TPSA) is 57.6 Å². The molecule has 0 saturated carbocycles. The average molecular weight is 265 g/mol. The molecule has 2 rings (SSSR count). The minimum atomic E-state index is -0.763. The molecule has 19 heavy (non-hydrogen) atoms. The third-order valence-electron chi connectivity index (χ3n) is 4.76. The standard InChI is InChI=1S/C15H23NO3/c1-11(2)15(14(18)19)8-9-16(10-15)13(17)12-6-4-3-5-7-12/h3-4,11-12H,5-10H2,1-2H3,(H,18,19). The fourth-order valence-corrected chi connectivity index (χ4v) is 3.19. The molecular weight excluding hydrogens is 242 g/mol. The zero-order valence-corrected chi connectivity index (χ0v) is 11.8. The van der Waals surface area contributed by atoms with Gasteiger partial charge in [0.1, 0.15) is 0 Å². The van der Waals surface area contributed by atoms with Gasteiger partial charge in [0.2, 0.25) is 5.91 Å². The maximum atomic E-state index is 12.4. The van der Waals surface area contributed by atoms with E-state index in [1.54, 1.807) is 4.90 Å². The van der Waals surface area contributed by atoms with Gasteiger partial charge >= 0.3 is 5.97 Å². The van der Waals surface area contributed by atoms with Gasteiger partial charge in [0, 0.05) is 19.0 Å². The highest BCUT2D eigenvalue weighted by Crippen LogP contribution is 2.39. The lowest BCUT2D eigenvalue weighted by Gasteiger charge is -2.30. The van der Waals surface area contributed by atoms with Crippen molar-refractivity contribution < 1.29 is 14.7 Å². The molecule has 1 aliphatic heterocycles. The summed E-state index contributed by atoms with van der Waals surface area (Å²) < 4.78 is 0. The largest absolute Gasteiger partial charge is 0.481 e. The number of carboxylic acid groups (broad SMARTS) is 1. The Morgan fingerprint density at radius 3 is 2.58 bits per heavy atom. The second-order valence-corrected chi connectivity index (χ2v) is 6.11. The number of allylic oxidation sites excluding steroid dienone is 2. The van der Waals surface area contributed by atoms with Gasteiger partial charge in [-0.1, -0.05) is 26.0 Å². The first-order chi connectivity index (χ1) is 8.97. The summed E-state index contributed by atoms with van der Waals surface area (Å²) >= 11 is 0. The van der Waals surface area contributed by atoms with Gasteiger partial charge < -0.3 is 10.0 Å². The number of rotatable bonds is 3. The van der Waals surface area contributed by atoms with Crippen LogP contribution in [0.2, 0.25) is 0 Å². The zero-order chi connectivity index (χ0) is 14.0. The molecule has 0 aromatic heterocycles. The molecule has 1 heterocycles. The molecule has 0 aromatic carbocycles. The number of carbonyl (C=O) groups excluding carboxylic acids is 1. The quantitative estimate of drug-likeness (QED) is 0.797. The normalized spacial score (nSPS) is 30.9. The molecule has 2 aliphatic rings. The number of hydrogen-bond acceptors (Lipinski definition) is 2. The van der Waals surface area contributed by atoms with E-state index < -0.39 is 11.4 Å². The maximum Gasteiger partial charge on any atom is 0.311 e. The molecule has 1 aliphatic carbocycles. The van der Waals surface area contributed by atoms with Crippen LogP contribution in [-0.2, 0) is 9.59 Å². The summed E-state index contributed by atoms with van der Waals surface area (Å²) in [6.45, 7) is 4.83. The SMILES string of the molecule is CC(C)C1(C(=O)O)CCN(C(=O)C2CC=CCC2)C1. The van der Waals surface area contributed by atoms with E-state index in [1.165, 1.54) is 0 Å². The van der Waals surface area contributed by atoms with Crippen molar-refractivity contribution in [2.45, 2.75) is 39.5 Å². The van der Waals surface area contributed by atoms with E-state index in [9.17, 15) is 14.7 Å². The Morgan fingerprint density at radius 2 is 2.11 bits per heavy atom. The molecule has 4 heteroatoms. The van der Waals surface area contributed by atoms with Crippen molar-refractivity contribution in [2.75, 3.05) is 13.1 Å². The van der Waals surface area contributed by atoms with Crippen LogP contribution in [0.4, 0.5) is 0 Å². The van der Waals surface area contributed by atoms with Crippen molar-refractivity contribution in [3.8, 4) is 0 Å². The summed E-state index contributed by atoms with van der Waals surface area (Å²) in [7, 11) is 0. The predicted octanol–water partition coefficient (Wildman–Crippen LogP) is 2.30. The lowest BCUT2D eigenvalue weighted by atomic mass is 9.76. The van der Waals surface area contributed by atoms with Gasteiger partial charge in [0.15, 0.2) is 0 Å². The van der Waals surface area contributed by atoms with Crippen LogP contribution in [0, 0.1) is 17.3 Å². The van der Waals surface area contributed by atoms with E-state index in [2.05, 4.69) is 12.2 Å². The van der Waals surface area contributed by atoms with Gasteiger partial charge in [-0.15, -0.1) is 0 Å². The van der Waals surface area contributed by atoms with Crippen molar-refractivity contribution in [1.29, 1.82) is 0 Å². The Morgan fingerprint density at radius 1 is 1.37 bits per heavy atom. The van der Waals surface area contributed by atoms with E-state index in [0.29, 0.717) is 19.5 Å². The molecule has 1 N–H and O–H groups in total. The van der Waals surface area contributed by atoms with Crippen LogP contribution in [-0.4, -0.2) is 35.0 Å². The monoisotopic (exact) mass is 265 g/mol. The fraction of sp³-hybridized carbons (Fsp3) is 0.733. The van der Waals surface area contributed by atoms with Crippen molar-refractivity contribution >= 4 is 11.9 Å². The lowest BCUT2D eigenvalue weighted by Crippen LogP contribution is -2.42. The van der Waals surface area contributed by atoms with E-state index in [0.717, 1.165) is 19.3 Å².